The van der Waals surface area contributed by atoms with Gasteiger partial charge in [-0.05, 0) is 48.5 Å². The fourth-order valence-corrected chi connectivity index (χ4v) is 4.10. The Kier molecular flexibility index (Phi) is 7.46. The number of rotatable bonds is 7. The number of nitrogens with one attached hydrogen (secondary N) is 1. The van der Waals surface area contributed by atoms with Crippen LogP contribution in [0.15, 0.2) is 58.2 Å². The molecule has 178 valence electrons. The third-order valence-electron chi connectivity index (χ3n) is 5.42. The molecule has 1 fully saturated rings. The van der Waals surface area contributed by atoms with Crippen LogP contribution in [0.4, 0.5) is 15.8 Å². The summed E-state index contributed by atoms with van der Waals surface area (Å²) >= 11 is 1.20. The molecule has 0 radical (unpaired) electrons. The van der Waals surface area contributed by atoms with Crippen molar-refractivity contribution in [3.63, 3.8) is 0 Å². The number of amides is 2. The third-order valence-corrected chi connectivity index (χ3v) is 6.24. The molecule has 1 aliphatic heterocycles. The first-order valence-corrected chi connectivity index (χ1v) is 12.0. The van der Waals surface area contributed by atoms with Crippen molar-refractivity contribution in [1.82, 2.24) is 15.1 Å². The van der Waals surface area contributed by atoms with Gasteiger partial charge >= 0.3 is 0 Å². The molecular formula is C24H26FN5O3S. The van der Waals surface area contributed by atoms with Crippen LogP contribution in [0.3, 0.4) is 0 Å². The second-order valence-corrected chi connectivity index (χ2v) is 9.16. The molecule has 10 heteroatoms. The van der Waals surface area contributed by atoms with Crippen LogP contribution < -0.4 is 10.2 Å². The predicted octanol–water partition coefficient (Wildman–Crippen LogP) is 4.03. The van der Waals surface area contributed by atoms with Gasteiger partial charge in [-0.25, -0.2) is 4.39 Å². The maximum absolute atomic E-state index is 13.1. The van der Waals surface area contributed by atoms with Gasteiger partial charge in [-0.1, -0.05) is 25.6 Å². The third kappa shape index (κ3) is 5.93. The fourth-order valence-electron chi connectivity index (χ4n) is 3.53. The first-order valence-electron chi connectivity index (χ1n) is 11.0. The molecule has 1 aliphatic rings. The molecule has 0 unspecified atom stereocenters. The van der Waals surface area contributed by atoms with E-state index in [9.17, 15) is 14.0 Å². The molecule has 34 heavy (non-hydrogen) atoms. The van der Waals surface area contributed by atoms with Gasteiger partial charge in [0.15, 0.2) is 0 Å². The zero-order valence-corrected chi connectivity index (χ0v) is 19.8. The van der Waals surface area contributed by atoms with Crippen molar-refractivity contribution in [2.24, 2.45) is 0 Å². The Morgan fingerprint density at radius 3 is 2.32 bits per heavy atom. The molecule has 0 spiro atoms. The van der Waals surface area contributed by atoms with Crippen LogP contribution >= 0.6 is 11.8 Å². The van der Waals surface area contributed by atoms with E-state index >= 15 is 0 Å². The highest BCUT2D eigenvalue weighted by Crippen LogP contribution is 2.22. The smallest absolute Gasteiger partial charge is 0.277 e. The van der Waals surface area contributed by atoms with Crippen molar-refractivity contribution >= 4 is 35.0 Å². The van der Waals surface area contributed by atoms with Gasteiger partial charge in [-0.2, -0.15) is 0 Å². The van der Waals surface area contributed by atoms with Gasteiger partial charge in [0.2, 0.25) is 11.8 Å². The van der Waals surface area contributed by atoms with Crippen molar-refractivity contribution in [2.45, 2.75) is 25.0 Å². The predicted molar refractivity (Wildman–Crippen MR) is 129 cm³/mol. The monoisotopic (exact) mass is 483 g/mol. The van der Waals surface area contributed by atoms with Crippen molar-refractivity contribution in [3.8, 4) is 0 Å². The highest BCUT2D eigenvalue weighted by molar-refractivity contribution is 7.99. The minimum Gasteiger partial charge on any atom is -0.416 e. The summed E-state index contributed by atoms with van der Waals surface area (Å²) in [7, 11) is 0. The number of nitrogens with zero attached hydrogens (tertiary/aromatic N) is 4. The summed E-state index contributed by atoms with van der Waals surface area (Å²) in [5, 5.41) is 11.1. The maximum atomic E-state index is 13.1. The van der Waals surface area contributed by atoms with Crippen LogP contribution in [-0.2, 0) is 4.79 Å². The van der Waals surface area contributed by atoms with Gasteiger partial charge in [-0.15, -0.1) is 10.2 Å². The van der Waals surface area contributed by atoms with Crippen LogP contribution in [-0.4, -0.2) is 58.8 Å². The maximum Gasteiger partial charge on any atom is 0.277 e. The van der Waals surface area contributed by atoms with E-state index in [-0.39, 0.29) is 29.3 Å². The zero-order chi connectivity index (χ0) is 24.1. The number of carbonyl (C=O) groups is 2. The van der Waals surface area contributed by atoms with Crippen LogP contribution in [0.5, 0.6) is 0 Å². The van der Waals surface area contributed by atoms with Gasteiger partial charge < -0.3 is 19.5 Å². The van der Waals surface area contributed by atoms with E-state index in [0.717, 1.165) is 5.69 Å². The Hall–Kier alpha value is -3.40. The standard InChI is InChI=1S/C24H26FN5O3S/c1-16(2)22-27-28-24(33-22)34-15-21(31)26-19-7-9-20(10-8-19)29-11-13-30(14-12-29)23(32)17-3-5-18(25)6-4-17/h3-10,16H,11-15H2,1-2H3,(H,26,31). The molecule has 2 heterocycles. The van der Waals surface area contributed by atoms with E-state index in [4.69, 9.17) is 4.42 Å². The Bertz CT molecular complexity index is 1130. The number of anilines is 2. The van der Waals surface area contributed by atoms with E-state index in [2.05, 4.69) is 20.4 Å². The topological polar surface area (TPSA) is 91.6 Å². The molecule has 1 saturated heterocycles. The number of aromatic nitrogens is 2. The molecule has 0 saturated carbocycles. The summed E-state index contributed by atoms with van der Waals surface area (Å²) in [6, 6.07) is 13.3. The Labute approximate surface area is 201 Å². The summed E-state index contributed by atoms with van der Waals surface area (Å²) < 4.78 is 18.6. The number of piperazine rings is 1. The van der Waals surface area contributed by atoms with Gasteiger partial charge in [0.1, 0.15) is 5.82 Å². The first-order chi connectivity index (χ1) is 16.4. The number of hydrogen-bond donors (Lipinski definition) is 1. The molecule has 0 bridgehead atoms. The minimum absolute atomic E-state index is 0.0865. The lowest BCUT2D eigenvalue weighted by molar-refractivity contribution is -0.113. The van der Waals surface area contributed by atoms with Crippen LogP contribution in [0, 0.1) is 5.82 Å². The second kappa shape index (κ2) is 10.7. The summed E-state index contributed by atoms with van der Waals surface area (Å²) in [6.45, 7) is 6.48. The average Bonchev–Trinajstić information content (AvgIpc) is 3.33. The average molecular weight is 484 g/mol. The highest BCUT2D eigenvalue weighted by atomic mass is 32.2. The van der Waals surface area contributed by atoms with E-state index in [0.29, 0.717) is 48.5 Å². The van der Waals surface area contributed by atoms with Crippen LogP contribution in [0.1, 0.15) is 36.0 Å². The van der Waals surface area contributed by atoms with Gasteiger partial charge in [0.05, 0.1) is 5.75 Å². The lowest BCUT2D eigenvalue weighted by Crippen LogP contribution is -2.48. The fraction of sp³-hybridized carbons (Fsp3) is 0.333. The number of carbonyl (C=O) groups excluding carboxylic acids is 2. The zero-order valence-electron chi connectivity index (χ0n) is 19.0. The molecule has 1 aromatic heterocycles. The van der Waals surface area contributed by atoms with E-state index < -0.39 is 0 Å². The van der Waals surface area contributed by atoms with E-state index in [1.54, 1.807) is 4.90 Å². The van der Waals surface area contributed by atoms with E-state index in [1.807, 2.05) is 38.1 Å². The van der Waals surface area contributed by atoms with Crippen LogP contribution in [0.25, 0.3) is 0 Å². The van der Waals surface area contributed by atoms with Crippen LogP contribution in [0.2, 0.25) is 0 Å². The molecular weight excluding hydrogens is 457 g/mol. The molecule has 3 aromatic rings. The van der Waals surface area contributed by atoms with Gasteiger partial charge in [0, 0.05) is 49.0 Å². The van der Waals surface area contributed by atoms with Gasteiger partial charge in [0.25, 0.3) is 11.1 Å². The molecule has 0 aliphatic carbocycles. The highest BCUT2D eigenvalue weighted by Gasteiger charge is 2.22. The number of hydrogen-bond acceptors (Lipinski definition) is 7. The lowest BCUT2D eigenvalue weighted by Gasteiger charge is -2.36. The summed E-state index contributed by atoms with van der Waals surface area (Å²) in [6.07, 6.45) is 0. The van der Waals surface area contributed by atoms with Gasteiger partial charge in [-0.3, -0.25) is 9.59 Å². The lowest BCUT2D eigenvalue weighted by atomic mass is 10.1. The quantitative estimate of drug-likeness (QED) is 0.508. The number of halogens is 1. The normalized spacial score (nSPS) is 13.9. The molecule has 1 N–H and O–H groups in total. The first kappa shape index (κ1) is 23.7. The van der Waals surface area contributed by atoms with Crippen molar-refractivity contribution in [2.75, 3.05) is 42.1 Å². The molecule has 2 aromatic carbocycles. The Morgan fingerprint density at radius 2 is 1.71 bits per heavy atom. The number of benzene rings is 2. The van der Waals surface area contributed by atoms with Crippen molar-refractivity contribution in [1.29, 1.82) is 0 Å². The SMILES string of the molecule is CC(C)c1nnc(SCC(=O)Nc2ccc(N3CCN(C(=O)c4ccc(F)cc4)CC3)cc2)o1. The Morgan fingerprint density at radius 1 is 1.03 bits per heavy atom. The van der Waals surface area contributed by atoms with Crippen molar-refractivity contribution < 1.29 is 18.4 Å². The summed E-state index contributed by atoms with van der Waals surface area (Å²) in [5.41, 5.74) is 2.22. The number of thioether (sulfide) groups is 1. The Balaban J connectivity index is 1.24. The minimum atomic E-state index is -0.355. The molecule has 4 rings (SSSR count). The summed E-state index contributed by atoms with van der Waals surface area (Å²) in [4.78, 5) is 28.8. The molecule has 0 atom stereocenters. The largest absolute Gasteiger partial charge is 0.416 e. The van der Waals surface area contributed by atoms with E-state index in [1.165, 1.54) is 36.0 Å². The molecule has 2 amide bonds. The summed E-state index contributed by atoms with van der Waals surface area (Å²) in [5.74, 6) is 0.274. The second-order valence-electron chi connectivity index (χ2n) is 8.23. The molecule has 8 nitrogen and oxygen atoms in total. The van der Waals surface area contributed by atoms with Crippen molar-refractivity contribution in [3.05, 3.63) is 65.8 Å².